The Morgan fingerprint density at radius 2 is 1.27 bits per heavy atom. The van der Waals surface area contributed by atoms with Crippen LogP contribution in [0.3, 0.4) is 0 Å². The Balaban J connectivity index is 0.990. The van der Waals surface area contributed by atoms with Crippen molar-refractivity contribution in [3.05, 3.63) is 141 Å². The van der Waals surface area contributed by atoms with Gasteiger partial charge in [0.25, 0.3) is 11.8 Å². The van der Waals surface area contributed by atoms with Crippen molar-refractivity contribution in [3.8, 4) is 0 Å². The maximum atomic E-state index is 14.4. The molecule has 0 aliphatic heterocycles. The summed E-state index contributed by atoms with van der Waals surface area (Å²) in [6.45, 7) is 2.22. The van der Waals surface area contributed by atoms with Gasteiger partial charge < -0.3 is 19.7 Å². The van der Waals surface area contributed by atoms with Crippen molar-refractivity contribution >= 4 is 23.8 Å². The first-order chi connectivity index (χ1) is 26.7. The van der Waals surface area contributed by atoms with Crippen LogP contribution in [0.25, 0.3) is 0 Å². The molecule has 0 fully saturated rings. The van der Waals surface area contributed by atoms with Crippen LogP contribution in [0.5, 0.6) is 0 Å². The molecule has 0 bridgehead atoms. The average molecular weight is 739 g/mol. The number of hydrogen-bond acceptors (Lipinski definition) is 6. The molecule has 0 heterocycles. The highest BCUT2D eigenvalue weighted by Crippen LogP contribution is 2.40. The van der Waals surface area contributed by atoms with E-state index in [0.29, 0.717) is 43.2 Å². The lowest BCUT2D eigenvalue weighted by molar-refractivity contribution is -0.155. The van der Waals surface area contributed by atoms with Crippen LogP contribution in [0.2, 0.25) is 0 Å². The second-order valence-electron chi connectivity index (χ2n) is 15.9. The summed E-state index contributed by atoms with van der Waals surface area (Å²) in [5.41, 5.74) is 7.55. The molecule has 4 aliphatic carbocycles. The Morgan fingerprint density at radius 1 is 0.673 bits per heavy atom. The fraction of sp³-hybridized carbons (Fsp3) is 0.404. The summed E-state index contributed by atoms with van der Waals surface area (Å²) in [7, 11) is 1.73. The van der Waals surface area contributed by atoms with Gasteiger partial charge in [0.2, 0.25) is 0 Å². The Kier molecular flexibility index (Phi) is 10.1. The van der Waals surface area contributed by atoms with Crippen molar-refractivity contribution in [2.45, 2.75) is 101 Å². The fourth-order valence-corrected chi connectivity index (χ4v) is 9.81. The SMILES string of the molecule is CCOC(=O)C1(N(C)C(=O)c2cccc3c2CCC[C@@H]3CCOC(=O)C2(NC(=O)c3cccc4c3CCCC4)Cc3ccccc3C2)Cc2ccccc2C1. The van der Waals surface area contributed by atoms with E-state index in [9.17, 15) is 19.2 Å². The number of nitrogens with one attached hydrogen (secondary N) is 1. The Hall–Kier alpha value is -5.24. The summed E-state index contributed by atoms with van der Waals surface area (Å²) in [4.78, 5) is 57.9. The summed E-state index contributed by atoms with van der Waals surface area (Å²) in [5, 5.41) is 3.20. The molecule has 1 atom stereocenters. The van der Waals surface area contributed by atoms with Crippen molar-refractivity contribution in [1.82, 2.24) is 10.2 Å². The lowest BCUT2D eigenvalue weighted by Crippen LogP contribution is -2.57. The first-order valence-electron chi connectivity index (χ1n) is 20.0. The van der Waals surface area contributed by atoms with Gasteiger partial charge >= 0.3 is 11.9 Å². The number of carbonyl (C=O) groups excluding carboxylic acids is 4. The van der Waals surface area contributed by atoms with Gasteiger partial charge in [0.15, 0.2) is 0 Å². The van der Waals surface area contributed by atoms with Crippen molar-refractivity contribution in [2.24, 2.45) is 0 Å². The molecule has 8 nitrogen and oxygen atoms in total. The molecule has 1 N–H and O–H groups in total. The van der Waals surface area contributed by atoms with E-state index in [4.69, 9.17) is 9.47 Å². The number of likely N-dealkylation sites (N-methyl/N-ethyl adjacent to an activating group) is 1. The molecule has 0 saturated heterocycles. The number of benzene rings is 4. The van der Waals surface area contributed by atoms with Crippen molar-refractivity contribution in [1.29, 1.82) is 0 Å². The molecule has 284 valence electrons. The van der Waals surface area contributed by atoms with E-state index in [-0.39, 0.29) is 36.9 Å². The predicted octanol–water partition coefficient (Wildman–Crippen LogP) is 7.06. The van der Waals surface area contributed by atoms with Gasteiger partial charge in [-0.1, -0.05) is 72.8 Å². The zero-order valence-corrected chi connectivity index (χ0v) is 32.0. The van der Waals surface area contributed by atoms with Gasteiger partial charge in [-0.3, -0.25) is 9.59 Å². The summed E-state index contributed by atoms with van der Waals surface area (Å²) < 4.78 is 11.7. The minimum atomic E-state index is -1.19. The van der Waals surface area contributed by atoms with Crippen LogP contribution in [0.1, 0.15) is 110 Å². The lowest BCUT2D eigenvalue weighted by atomic mass is 9.79. The third-order valence-electron chi connectivity index (χ3n) is 12.7. The fourth-order valence-electron chi connectivity index (χ4n) is 9.81. The molecule has 0 radical (unpaired) electrons. The monoisotopic (exact) mass is 738 g/mol. The Morgan fingerprint density at radius 3 is 1.96 bits per heavy atom. The van der Waals surface area contributed by atoms with Crippen LogP contribution in [-0.2, 0) is 64.0 Å². The first-order valence-corrected chi connectivity index (χ1v) is 20.0. The maximum absolute atomic E-state index is 14.4. The molecule has 4 aliphatic rings. The maximum Gasteiger partial charge on any atom is 0.332 e. The zero-order chi connectivity index (χ0) is 38.2. The van der Waals surface area contributed by atoms with Crippen molar-refractivity contribution < 1.29 is 28.7 Å². The molecule has 2 amide bonds. The van der Waals surface area contributed by atoms with Crippen LogP contribution in [0, 0.1) is 0 Å². The molecule has 0 unspecified atom stereocenters. The van der Waals surface area contributed by atoms with E-state index in [1.54, 1.807) is 18.9 Å². The normalized spacial score (nSPS) is 18.5. The molecular weight excluding hydrogens is 689 g/mol. The number of amides is 2. The van der Waals surface area contributed by atoms with Crippen LogP contribution < -0.4 is 5.32 Å². The third kappa shape index (κ3) is 6.74. The first kappa shape index (κ1) is 36.7. The Bertz CT molecular complexity index is 2100. The summed E-state index contributed by atoms with van der Waals surface area (Å²) in [6.07, 6.45) is 8.74. The van der Waals surface area contributed by atoms with Crippen LogP contribution in [-0.4, -0.2) is 60.0 Å². The van der Waals surface area contributed by atoms with E-state index in [1.165, 1.54) is 5.56 Å². The number of rotatable bonds is 10. The molecule has 8 rings (SSSR count). The van der Waals surface area contributed by atoms with E-state index in [0.717, 1.165) is 83.9 Å². The van der Waals surface area contributed by atoms with Gasteiger partial charge in [-0.25, -0.2) is 9.59 Å². The van der Waals surface area contributed by atoms with E-state index in [1.807, 2.05) is 72.8 Å². The van der Waals surface area contributed by atoms with Gasteiger partial charge in [0.1, 0.15) is 11.1 Å². The summed E-state index contributed by atoms with van der Waals surface area (Å²) >= 11 is 0. The zero-order valence-electron chi connectivity index (χ0n) is 32.0. The van der Waals surface area contributed by atoms with Gasteiger partial charge in [0.05, 0.1) is 13.2 Å². The standard InChI is InChI=1S/C47H50N2O6/c1-3-54-45(53)47(29-35-16-6-7-17-36(35)30-47)49(2)43(51)41-24-12-21-37-32(19-10-22-39(37)41)25-26-55-44(52)46(27-33-14-4-5-15-34(33)28-46)48-42(50)40-23-11-18-31-13-8-9-20-38(31)40/h4-7,11-12,14-18,21,23-24,32H,3,8-10,13,19-20,22,25-30H2,1-2H3,(H,48,50)/t32-/m1/s1. The third-order valence-corrected chi connectivity index (χ3v) is 12.7. The average Bonchev–Trinajstić information content (AvgIpc) is 3.80. The number of carbonyl (C=O) groups is 4. The molecule has 8 heteroatoms. The van der Waals surface area contributed by atoms with Crippen LogP contribution in [0.4, 0.5) is 0 Å². The molecule has 0 spiro atoms. The second-order valence-corrected chi connectivity index (χ2v) is 15.9. The van der Waals surface area contributed by atoms with E-state index < -0.39 is 17.0 Å². The molecular formula is C47H50N2O6. The highest BCUT2D eigenvalue weighted by molar-refractivity contribution is 6.01. The van der Waals surface area contributed by atoms with Crippen molar-refractivity contribution in [2.75, 3.05) is 20.3 Å². The van der Waals surface area contributed by atoms with Gasteiger partial charge in [-0.15, -0.1) is 0 Å². The van der Waals surface area contributed by atoms with Gasteiger partial charge in [0, 0.05) is 43.9 Å². The molecule has 0 aromatic heterocycles. The molecule has 4 aromatic carbocycles. The topological polar surface area (TPSA) is 102 Å². The second kappa shape index (κ2) is 15.1. The number of ether oxygens (including phenoxy) is 2. The number of aryl methyl sites for hydroxylation is 1. The highest BCUT2D eigenvalue weighted by atomic mass is 16.5. The highest BCUT2D eigenvalue weighted by Gasteiger charge is 2.51. The Labute approximate surface area is 323 Å². The van der Waals surface area contributed by atoms with Crippen LogP contribution >= 0.6 is 0 Å². The van der Waals surface area contributed by atoms with Gasteiger partial charge in [-0.2, -0.15) is 0 Å². The predicted molar refractivity (Wildman–Crippen MR) is 210 cm³/mol. The molecule has 0 saturated carbocycles. The smallest absolute Gasteiger partial charge is 0.332 e. The lowest BCUT2D eigenvalue weighted by Gasteiger charge is -2.37. The summed E-state index contributed by atoms with van der Waals surface area (Å²) in [6, 6.07) is 27.8. The molecule has 55 heavy (non-hydrogen) atoms. The van der Waals surface area contributed by atoms with Crippen molar-refractivity contribution in [3.63, 3.8) is 0 Å². The minimum Gasteiger partial charge on any atom is -0.464 e. The minimum absolute atomic E-state index is 0.0894. The quantitative estimate of drug-likeness (QED) is 0.175. The van der Waals surface area contributed by atoms with Gasteiger partial charge in [-0.05, 0) is 121 Å². The number of esters is 2. The van der Waals surface area contributed by atoms with Crippen LogP contribution in [0.15, 0.2) is 84.9 Å². The number of nitrogens with zero attached hydrogens (tertiary/aromatic N) is 1. The summed E-state index contributed by atoms with van der Waals surface area (Å²) in [5.74, 6) is -1.12. The van der Waals surface area contributed by atoms with E-state index in [2.05, 4.69) is 17.4 Å². The molecule has 4 aromatic rings. The number of fused-ring (bicyclic) bond motifs is 4. The number of hydrogen-bond donors (Lipinski definition) is 1. The van der Waals surface area contributed by atoms with E-state index >= 15 is 0 Å². The largest absolute Gasteiger partial charge is 0.464 e.